The van der Waals surface area contributed by atoms with E-state index in [1.54, 1.807) is 11.8 Å². The van der Waals surface area contributed by atoms with E-state index in [9.17, 15) is 4.79 Å². The molecule has 0 fully saturated rings. The van der Waals surface area contributed by atoms with Crippen molar-refractivity contribution in [2.75, 3.05) is 7.11 Å². The van der Waals surface area contributed by atoms with E-state index in [2.05, 4.69) is 15.5 Å². The van der Waals surface area contributed by atoms with E-state index in [1.165, 1.54) is 0 Å². The second kappa shape index (κ2) is 6.83. The van der Waals surface area contributed by atoms with Crippen LogP contribution in [0.3, 0.4) is 0 Å². The Hall–Kier alpha value is -2.44. The van der Waals surface area contributed by atoms with Crippen LogP contribution in [0.25, 0.3) is 0 Å². The Morgan fingerprint density at radius 2 is 2.19 bits per heavy atom. The first-order valence-electron chi connectivity index (χ1n) is 6.76. The normalized spacial score (nSPS) is 12.1. The van der Waals surface area contributed by atoms with Gasteiger partial charge in [0.1, 0.15) is 5.75 Å². The highest BCUT2D eigenvalue weighted by Crippen LogP contribution is 2.22. The summed E-state index contributed by atoms with van der Waals surface area (Å²) in [5.74, 6) is 0.534. The van der Waals surface area contributed by atoms with Crippen molar-refractivity contribution < 1.29 is 14.6 Å². The Kier molecular flexibility index (Phi) is 4.86. The lowest BCUT2D eigenvalue weighted by molar-refractivity contribution is -0.138. The molecule has 7 nitrogen and oxygen atoms in total. The van der Waals surface area contributed by atoms with Crippen LogP contribution < -0.4 is 4.74 Å². The summed E-state index contributed by atoms with van der Waals surface area (Å²) in [6.45, 7) is 1.92. The minimum absolute atomic E-state index is 0.000461. The second-order valence-electron chi connectivity index (χ2n) is 4.69. The van der Waals surface area contributed by atoms with Crippen LogP contribution in [0.4, 0.5) is 0 Å². The standard InChI is InChI=1S/C14H18N4O3/c1-3-11(9-14(19)20)18-13(15-16-17-18)8-10-6-4-5-7-12(10)21-2/h4-7,11H,3,8-9H2,1-2H3,(H,19,20). The summed E-state index contributed by atoms with van der Waals surface area (Å²) in [5, 5.41) is 20.6. The van der Waals surface area contributed by atoms with Gasteiger partial charge in [0.05, 0.1) is 19.6 Å². The highest BCUT2D eigenvalue weighted by Gasteiger charge is 2.19. The molecule has 0 aliphatic carbocycles. The molecular weight excluding hydrogens is 272 g/mol. The minimum Gasteiger partial charge on any atom is -0.496 e. The molecule has 0 radical (unpaired) electrons. The number of benzene rings is 1. The third-order valence-corrected chi connectivity index (χ3v) is 3.33. The lowest BCUT2D eigenvalue weighted by atomic mass is 10.1. The number of hydrogen-bond donors (Lipinski definition) is 1. The predicted molar refractivity (Wildman–Crippen MR) is 75.2 cm³/mol. The second-order valence-corrected chi connectivity index (χ2v) is 4.69. The third-order valence-electron chi connectivity index (χ3n) is 3.33. The van der Waals surface area contributed by atoms with E-state index in [1.807, 2.05) is 31.2 Å². The monoisotopic (exact) mass is 290 g/mol. The molecule has 0 spiro atoms. The Morgan fingerprint density at radius 1 is 1.43 bits per heavy atom. The number of aromatic nitrogens is 4. The van der Waals surface area contributed by atoms with Crippen LogP contribution in [0.5, 0.6) is 5.75 Å². The smallest absolute Gasteiger partial charge is 0.305 e. The molecule has 1 N–H and O–H groups in total. The molecule has 1 heterocycles. The van der Waals surface area contributed by atoms with Crippen LogP contribution in [0.2, 0.25) is 0 Å². The molecule has 1 unspecified atom stereocenters. The first-order valence-corrected chi connectivity index (χ1v) is 6.76. The van der Waals surface area contributed by atoms with Crippen LogP contribution in [-0.4, -0.2) is 38.4 Å². The number of para-hydroxylation sites is 1. The van der Waals surface area contributed by atoms with Gasteiger partial charge in [0.2, 0.25) is 0 Å². The Balaban J connectivity index is 2.25. The number of tetrazole rings is 1. The molecule has 1 atom stereocenters. The van der Waals surface area contributed by atoms with Crippen molar-refractivity contribution in [3.63, 3.8) is 0 Å². The molecule has 0 aliphatic rings. The summed E-state index contributed by atoms with van der Waals surface area (Å²) in [4.78, 5) is 10.9. The summed E-state index contributed by atoms with van der Waals surface area (Å²) in [7, 11) is 1.61. The average molecular weight is 290 g/mol. The number of ether oxygens (including phenoxy) is 1. The van der Waals surface area contributed by atoms with Gasteiger partial charge in [-0.3, -0.25) is 4.79 Å². The number of rotatable bonds is 7. The quantitative estimate of drug-likeness (QED) is 0.834. The topological polar surface area (TPSA) is 90.1 Å². The molecule has 0 amide bonds. The van der Waals surface area contributed by atoms with Crippen molar-refractivity contribution in [3.05, 3.63) is 35.7 Å². The van der Waals surface area contributed by atoms with Crippen LogP contribution in [0, 0.1) is 0 Å². The average Bonchev–Trinajstić information content (AvgIpc) is 2.93. The molecule has 7 heteroatoms. The van der Waals surface area contributed by atoms with Gasteiger partial charge >= 0.3 is 5.97 Å². The number of hydrogen-bond acceptors (Lipinski definition) is 5. The zero-order chi connectivity index (χ0) is 15.2. The van der Waals surface area contributed by atoms with Gasteiger partial charge in [-0.1, -0.05) is 25.1 Å². The molecular formula is C14H18N4O3. The minimum atomic E-state index is -0.861. The Labute approximate surface area is 122 Å². The molecule has 1 aromatic heterocycles. The molecule has 1 aromatic carbocycles. The SMILES string of the molecule is CCC(CC(=O)O)n1nnnc1Cc1ccccc1OC. The number of carboxylic acid groups (broad SMARTS) is 1. The number of carbonyl (C=O) groups is 1. The van der Waals surface area contributed by atoms with Crippen LogP contribution in [-0.2, 0) is 11.2 Å². The van der Waals surface area contributed by atoms with Crippen molar-refractivity contribution in [1.29, 1.82) is 0 Å². The van der Waals surface area contributed by atoms with E-state index < -0.39 is 5.97 Å². The van der Waals surface area contributed by atoms with Gasteiger partial charge in [0, 0.05) is 12.0 Å². The molecule has 0 saturated heterocycles. The van der Waals surface area contributed by atoms with Crippen LogP contribution in [0.1, 0.15) is 37.2 Å². The van der Waals surface area contributed by atoms with Crippen molar-refractivity contribution >= 4 is 5.97 Å². The number of methoxy groups -OCH3 is 1. The van der Waals surface area contributed by atoms with Gasteiger partial charge in [0.15, 0.2) is 5.82 Å². The summed E-state index contributed by atoms with van der Waals surface area (Å²) in [6.07, 6.45) is 1.14. The zero-order valence-corrected chi connectivity index (χ0v) is 12.1. The van der Waals surface area contributed by atoms with Gasteiger partial charge in [-0.25, -0.2) is 4.68 Å². The van der Waals surface area contributed by atoms with Gasteiger partial charge in [0.25, 0.3) is 0 Å². The highest BCUT2D eigenvalue weighted by molar-refractivity contribution is 5.67. The number of nitrogens with zero attached hydrogens (tertiary/aromatic N) is 4. The molecule has 21 heavy (non-hydrogen) atoms. The molecule has 112 valence electrons. The molecule has 2 rings (SSSR count). The summed E-state index contributed by atoms with van der Waals surface area (Å²) in [5.41, 5.74) is 0.959. The van der Waals surface area contributed by atoms with E-state index in [-0.39, 0.29) is 12.5 Å². The highest BCUT2D eigenvalue weighted by atomic mass is 16.5. The fourth-order valence-corrected chi connectivity index (χ4v) is 2.24. The maximum atomic E-state index is 10.9. The van der Waals surface area contributed by atoms with E-state index in [0.29, 0.717) is 18.7 Å². The van der Waals surface area contributed by atoms with Gasteiger partial charge in [-0.05, 0) is 22.9 Å². The van der Waals surface area contributed by atoms with Gasteiger partial charge in [-0.2, -0.15) is 0 Å². The van der Waals surface area contributed by atoms with Gasteiger partial charge < -0.3 is 9.84 Å². The van der Waals surface area contributed by atoms with Crippen LogP contribution in [0.15, 0.2) is 24.3 Å². The zero-order valence-electron chi connectivity index (χ0n) is 12.1. The maximum Gasteiger partial charge on any atom is 0.305 e. The summed E-state index contributed by atoms with van der Waals surface area (Å²) < 4.78 is 6.91. The Morgan fingerprint density at radius 3 is 2.86 bits per heavy atom. The summed E-state index contributed by atoms with van der Waals surface area (Å²) in [6, 6.07) is 7.38. The largest absolute Gasteiger partial charge is 0.496 e. The predicted octanol–water partition coefficient (Wildman–Crippen LogP) is 1.70. The van der Waals surface area contributed by atoms with Crippen molar-refractivity contribution in [1.82, 2.24) is 20.2 Å². The van der Waals surface area contributed by atoms with Crippen molar-refractivity contribution in [3.8, 4) is 5.75 Å². The fraction of sp³-hybridized carbons (Fsp3) is 0.429. The first-order chi connectivity index (χ1) is 10.2. The maximum absolute atomic E-state index is 10.9. The van der Waals surface area contributed by atoms with E-state index >= 15 is 0 Å². The Bertz CT molecular complexity index is 612. The van der Waals surface area contributed by atoms with Crippen molar-refractivity contribution in [2.45, 2.75) is 32.2 Å². The number of aliphatic carboxylic acids is 1. The molecule has 0 saturated carbocycles. The van der Waals surface area contributed by atoms with Crippen molar-refractivity contribution in [2.24, 2.45) is 0 Å². The summed E-state index contributed by atoms with van der Waals surface area (Å²) >= 11 is 0. The third kappa shape index (κ3) is 3.56. The van der Waals surface area contributed by atoms with E-state index in [4.69, 9.17) is 9.84 Å². The van der Waals surface area contributed by atoms with E-state index in [0.717, 1.165) is 11.3 Å². The first kappa shape index (κ1) is 15.0. The van der Waals surface area contributed by atoms with Crippen LogP contribution >= 0.6 is 0 Å². The lowest BCUT2D eigenvalue weighted by Crippen LogP contribution is -2.17. The molecule has 0 aliphatic heterocycles. The molecule has 2 aromatic rings. The fourth-order valence-electron chi connectivity index (χ4n) is 2.24. The van der Waals surface area contributed by atoms with Gasteiger partial charge in [-0.15, -0.1) is 5.10 Å². The molecule has 0 bridgehead atoms. The lowest BCUT2D eigenvalue weighted by Gasteiger charge is -2.15. The number of carboxylic acids is 1.